The molecule has 3 nitrogen and oxygen atoms in total. The second kappa shape index (κ2) is 6.45. The maximum Gasteiger partial charge on any atom is 0.124 e. The molecular weight excluding hydrogens is 246 g/mol. The fourth-order valence-corrected chi connectivity index (χ4v) is 3.53. The summed E-state index contributed by atoms with van der Waals surface area (Å²) in [6.07, 6.45) is 1.79. The highest BCUT2D eigenvalue weighted by Crippen LogP contribution is 2.35. The Hall–Kier alpha value is -0.710. The maximum atomic E-state index is 9.95. The predicted molar refractivity (Wildman–Crippen MR) is 76.3 cm³/mol. The van der Waals surface area contributed by atoms with Crippen LogP contribution in [0.4, 0.5) is 0 Å². The molecule has 3 N–H and O–H groups in total. The summed E-state index contributed by atoms with van der Waals surface area (Å²) in [6.45, 7) is 0.223. The van der Waals surface area contributed by atoms with Crippen molar-refractivity contribution in [3.8, 4) is 5.75 Å². The molecule has 4 heteroatoms. The third-order valence-corrected chi connectivity index (χ3v) is 4.58. The first kappa shape index (κ1) is 13.7. The molecule has 100 valence electrons. The highest BCUT2D eigenvalue weighted by molar-refractivity contribution is 7.99. The van der Waals surface area contributed by atoms with E-state index in [1.54, 1.807) is 7.11 Å². The number of nitrogens with two attached hydrogens (primary N) is 1. The van der Waals surface area contributed by atoms with E-state index in [1.165, 1.54) is 29.9 Å². The van der Waals surface area contributed by atoms with Crippen LogP contribution in [-0.4, -0.2) is 30.3 Å². The normalized spacial score (nSPS) is 18.6. The zero-order valence-corrected chi connectivity index (χ0v) is 11.6. The first-order valence-electron chi connectivity index (χ1n) is 6.40. The molecule has 0 spiro atoms. The van der Waals surface area contributed by atoms with Gasteiger partial charge in [0.25, 0.3) is 0 Å². The molecule has 0 radical (unpaired) electrons. The summed E-state index contributed by atoms with van der Waals surface area (Å²) in [5.41, 5.74) is 7.67. The molecule has 0 amide bonds. The van der Waals surface area contributed by atoms with Gasteiger partial charge in [0, 0.05) is 12.1 Å². The number of aliphatic hydroxyl groups is 1. The van der Waals surface area contributed by atoms with Crippen molar-refractivity contribution in [2.45, 2.75) is 24.9 Å². The van der Waals surface area contributed by atoms with Crippen LogP contribution in [-0.2, 0) is 0 Å². The van der Waals surface area contributed by atoms with Crippen molar-refractivity contribution >= 4 is 11.8 Å². The van der Waals surface area contributed by atoms with Gasteiger partial charge in [-0.05, 0) is 48.0 Å². The molecule has 1 aliphatic rings. The second-order valence-corrected chi connectivity index (χ2v) is 5.86. The standard InChI is InChI=1S/C14H21NO2S/c1-17-14-3-2-11(8-12(14)13(16)9-15)10-4-6-18-7-5-10/h2-3,8,10,13,16H,4-7,9,15H2,1H3. The fourth-order valence-electron chi connectivity index (χ4n) is 2.43. The predicted octanol–water partition coefficient (Wildman–Crippen LogP) is 2.30. The lowest BCUT2D eigenvalue weighted by Gasteiger charge is -2.23. The van der Waals surface area contributed by atoms with E-state index in [0.717, 1.165) is 11.3 Å². The fraction of sp³-hybridized carbons (Fsp3) is 0.571. The molecule has 1 heterocycles. The van der Waals surface area contributed by atoms with E-state index in [2.05, 4.69) is 12.1 Å². The van der Waals surface area contributed by atoms with Crippen molar-refractivity contribution in [3.63, 3.8) is 0 Å². The average Bonchev–Trinajstić information content (AvgIpc) is 2.46. The van der Waals surface area contributed by atoms with Gasteiger partial charge in [0.05, 0.1) is 13.2 Å². The maximum absolute atomic E-state index is 9.95. The number of benzene rings is 1. The molecule has 1 atom stereocenters. The van der Waals surface area contributed by atoms with Crippen LogP contribution >= 0.6 is 11.8 Å². The van der Waals surface area contributed by atoms with Crippen LogP contribution < -0.4 is 10.5 Å². The summed E-state index contributed by atoms with van der Waals surface area (Å²) in [6, 6.07) is 6.13. The van der Waals surface area contributed by atoms with Crippen LogP contribution in [0.25, 0.3) is 0 Å². The van der Waals surface area contributed by atoms with Crippen molar-refractivity contribution in [2.24, 2.45) is 5.73 Å². The average molecular weight is 267 g/mol. The number of aliphatic hydroxyl groups excluding tert-OH is 1. The van der Waals surface area contributed by atoms with Crippen molar-refractivity contribution in [1.29, 1.82) is 0 Å². The largest absolute Gasteiger partial charge is 0.496 e. The van der Waals surface area contributed by atoms with Gasteiger partial charge in [0.1, 0.15) is 5.75 Å². The van der Waals surface area contributed by atoms with Crippen LogP contribution in [0.15, 0.2) is 18.2 Å². The van der Waals surface area contributed by atoms with Gasteiger partial charge in [-0.15, -0.1) is 0 Å². The summed E-state index contributed by atoms with van der Waals surface area (Å²) in [5.74, 6) is 3.79. The minimum absolute atomic E-state index is 0.223. The lowest BCUT2D eigenvalue weighted by Crippen LogP contribution is -2.14. The molecule has 2 rings (SSSR count). The number of ether oxygens (including phenoxy) is 1. The summed E-state index contributed by atoms with van der Waals surface area (Å²) in [5, 5.41) is 9.95. The zero-order valence-electron chi connectivity index (χ0n) is 10.8. The summed E-state index contributed by atoms with van der Waals surface area (Å²) in [4.78, 5) is 0. The van der Waals surface area contributed by atoms with E-state index < -0.39 is 6.10 Å². The Kier molecular flexibility index (Phi) is 4.92. The zero-order chi connectivity index (χ0) is 13.0. The molecule has 1 aromatic rings. The van der Waals surface area contributed by atoms with Crippen molar-refractivity contribution in [3.05, 3.63) is 29.3 Å². The number of hydrogen-bond acceptors (Lipinski definition) is 4. The Morgan fingerprint density at radius 2 is 2.17 bits per heavy atom. The Labute approximate surface area is 113 Å². The smallest absolute Gasteiger partial charge is 0.124 e. The van der Waals surface area contributed by atoms with Gasteiger partial charge in [-0.1, -0.05) is 6.07 Å². The molecular formula is C14H21NO2S. The molecule has 0 bridgehead atoms. The third kappa shape index (κ3) is 2.99. The summed E-state index contributed by atoms with van der Waals surface area (Å²) in [7, 11) is 1.62. The highest BCUT2D eigenvalue weighted by atomic mass is 32.2. The number of methoxy groups -OCH3 is 1. The van der Waals surface area contributed by atoms with Crippen molar-refractivity contribution < 1.29 is 9.84 Å². The van der Waals surface area contributed by atoms with E-state index in [4.69, 9.17) is 10.5 Å². The van der Waals surface area contributed by atoms with Gasteiger partial charge in [-0.3, -0.25) is 0 Å². The van der Waals surface area contributed by atoms with Gasteiger partial charge in [0.15, 0.2) is 0 Å². The van der Waals surface area contributed by atoms with Gasteiger partial charge < -0.3 is 15.6 Å². The van der Waals surface area contributed by atoms with Crippen LogP contribution in [0.1, 0.15) is 36.0 Å². The van der Waals surface area contributed by atoms with Crippen LogP contribution in [0.5, 0.6) is 5.75 Å². The number of rotatable bonds is 4. The molecule has 18 heavy (non-hydrogen) atoms. The molecule has 0 saturated carbocycles. The lowest BCUT2D eigenvalue weighted by molar-refractivity contribution is 0.182. The topological polar surface area (TPSA) is 55.5 Å². The van der Waals surface area contributed by atoms with Crippen LogP contribution in [0.2, 0.25) is 0 Å². The van der Waals surface area contributed by atoms with E-state index in [-0.39, 0.29) is 6.54 Å². The van der Waals surface area contributed by atoms with Crippen molar-refractivity contribution in [2.75, 3.05) is 25.2 Å². The van der Waals surface area contributed by atoms with Gasteiger partial charge in [-0.2, -0.15) is 11.8 Å². The molecule has 1 fully saturated rings. The Bertz CT molecular complexity index is 391. The summed E-state index contributed by atoms with van der Waals surface area (Å²) >= 11 is 2.02. The number of thioether (sulfide) groups is 1. The van der Waals surface area contributed by atoms with Crippen molar-refractivity contribution in [1.82, 2.24) is 0 Å². The SMILES string of the molecule is COc1ccc(C2CCSCC2)cc1C(O)CN. The monoisotopic (exact) mass is 267 g/mol. The van der Waals surface area contributed by atoms with E-state index >= 15 is 0 Å². The molecule has 1 aromatic carbocycles. The molecule has 1 aliphatic heterocycles. The molecule has 0 aliphatic carbocycles. The van der Waals surface area contributed by atoms with Gasteiger partial charge in [-0.25, -0.2) is 0 Å². The van der Waals surface area contributed by atoms with E-state index in [0.29, 0.717) is 5.92 Å². The lowest BCUT2D eigenvalue weighted by atomic mass is 9.91. The molecule has 1 unspecified atom stereocenters. The molecule has 0 aromatic heterocycles. The third-order valence-electron chi connectivity index (χ3n) is 3.53. The quantitative estimate of drug-likeness (QED) is 0.879. The second-order valence-electron chi connectivity index (χ2n) is 4.64. The van der Waals surface area contributed by atoms with E-state index in [1.807, 2.05) is 17.8 Å². The Morgan fingerprint density at radius 1 is 1.44 bits per heavy atom. The first-order chi connectivity index (χ1) is 8.76. The first-order valence-corrected chi connectivity index (χ1v) is 7.55. The number of hydrogen-bond donors (Lipinski definition) is 2. The van der Waals surface area contributed by atoms with Gasteiger partial charge >= 0.3 is 0 Å². The summed E-state index contributed by atoms with van der Waals surface area (Å²) < 4.78 is 5.29. The van der Waals surface area contributed by atoms with E-state index in [9.17, 15) is 5.11 Å². The molecule has 1 saturated heterocycles. The van der Waals surface area contributed by atoms with Gasteiger partial charge in [0.2, 0.25) is 0 Å². The highest BCUT2D eigenvalue weighted by Gasteiger charge is 2.19. The minimum Gasteiger partial charge on any atom is -0.496 e. The minimum atomic E-state index is -0.641. The Balaban J connectivity index is 2.26. The van der Waals surface area contributed by atoms with Crippen LogP contribution in [0.3, 0.4) is 0 Å². The Morgan fingerprint density at radius 3 is 2.78 bits per heavy atom. The van der Waals surface area contributed by atoms with Crippen LogP contribution in [0, 0.1) is 0 Å².